The molecule has 0 spiro atoms. The maximum absolute atomic E-state index is 5.63. The molecule has 0 aliphatic heterocycles. The first-order valence-electron chi connectivity index (χ1n) is 6.57. The summed E-state index contributed by atoms with van der Waals surface area (Å²) >= 11 is 1.64. The normalized spacial score (nSPS) is 11.6. The minimum Gasteiger partial charge on any atom is -0.484 e. The van der Waals surface area contributed by atoms with E-state index in [1.807, 2.05) is 31.2 Å². The van der Waals surface area contributed by atoms with Gasteiger partial charge in [0.05, 0.1) is 8.07 Å². The molecule has 0 saturated carbocycles. The van der Waals surface area contributed by atoms with Gasteiger partial charge in [-0.25, -0.2) is 0 Å². The monoisotopic (exact) mass is 308 g/mol. The Morgan fingerprint density at radius 1 is 1.25 bits per heavy atom. The van der Waals surface area contributed by atoms with Crippen LogP contribution in [0, 0.1) is 6.92 Å². The van der Waals surface area contributed by atoms with Crippen molar-refractivity contribution in [2.75, 3.05) is 5.38 Å². The second-order valence-corrected chi connectivity index (χ2v) is 12.8. The summed E-state index contributed by atoms with van der Waals surface area (Å²) in [6.07, 6.45) is 0. The lowest BCUT2D eigenvalue weighted by Crippen LogP contribution is -2.23. The molecule has 0 fully saturated rings. The summed E-state index contributed by atoms with van der Waals surface area (Å²) < 4.78 is 11.2. The van der Waals surface area contributed by atoms with Crippen LogP contribution in [0.1, 0.15) is 11.5 Å². The fourth-order valence-corrected chi connectivity index (χ4v) is 3.96. The summed E-state index contributed by atoms with van der Waals surface area (Å²) in [5.74, 6) is 1.34. The molecule has 6 heteroatoms. The second kappa shape index (κ2) is 6.45. The van der Waals surface area contributed by atoms with Gasteiger partial charge in [0.25, 0.3) is 11.1 Å². The number of thioether (sulfide) groups is 1. The molecular formula is C14H20N2O2SSi. The van der Waals surface area contributed by atoms with E-state index in [4.69, 9.17) is 9.15 Å². The molecule has 1 heterocycles. The third kappa shape index (κ3) is 5.01. The molecule has 4 nitrogen and oxygen atoms in total. The summed E-state index contributed by atoms with van der Waals surface area (Å²) in [4.78, 5) is 0. The third-order valence-corrected chi connectivity index (χ3v) is 6.88. The van der Waals surface area contributed by atoms with Crippen LogP contribution in [0.2, 0.25) is 19.6 Å². The fraction of sp³-hybridized carbons (Fsp3) is 0.429. The van der Waals surface area contributed by atoms with Gasteiger partial charge in [-0.2, -0.15) is 0 Å². The van der Waals surface area contributed by atoms with Gasteiger partial charge in [-0.15, -0.1) is 10.2 Å². The van der Waals surface area contributed by atoms with E-state index in [0.717, 1.165) is 11.1 Å². The van der Waals surface area contributed by atoms with Crippen LogP contribution in [0.25, 0.3) is 0 Å². The molecular weight excluding hydrogens is 288 g/mol. The lowest BCUT2D eigenvalue weighted by molar-refractivity contribution is 0.252. The number of benzene rings is 1. The average Bonchev–Trinajstić information content (AvgIpc) is 2.81. The third-order valence-electron chi connectivity index (χ3n) is 2.43. The van der Waals surface area contributed by atoms with Gasteiger partial charge in [0, 0.05) is 0 Å². The van der Waals surface area contributed by atoms with E-state index >= 15 is 0 Å². The van der Waals surface area contributed by atoms with E-state index in [-0.39, 0.29) is 0 Å². The molecule has 2 rings (SSSR count). The van der Waals surface area contributed by atoms with Crippen LogP contribution in [0.3, 0.4) is 0 Å². The standard InChI is InChI=1S/C14H20N2O2SSi/c1-11-6-5-7-12(8-11)17-9-13-15-16-14(18-13)19-10-20(2,3)4/h5-8H,9-10H2,1-4H3. The van der Waals surface area contributed by atoms with E-state index in [2.05, 4.69) is 29.8 Å². The van der Waals surface area contributed by atoms with Crippen LogP contribution in [-0.2, 0) is 6.61 Å². The topological polar surface area (TPSA) is 48.2 Å². The number of hydrogen-bond acceptors (Lipinski definition) is 5. The zero-order valence-corrected chi connectivity index (χ0v) is 14.2. The Morgan fingerprint density at radius 2 is 2.05 bits per heavy atom. The van der Waals surface area contributed by atoms with Crippen LogP contribution < -0.4 is 4.74 Å². The molecule has 0 amide bonds. The van der Waals surface area contributed by atoms with Crippen molar-refractivity contribution < 1.29 is 9.15 Å². The average molecular weight is 308 g/mol. The molecule has 108 valence electrons. The Bertz CT molecular complexity index is 566. The van der Waals surface area contributed by atoms with Crippen LogP contribution in [0.5, 0.6) is 5.75 Å². The Balaban J connectivity index is 1.87. The maximum atomic E-state index is 5.63. The van der Waals surface area contributed by atoms with E-state index < -0.39 is 8.07 Å². The van der Waals surface area contributed by atoms with Gasteiger partial charge in [0.1, 0.15) is 5.75 Å². The molecule has 20 heavy (non-hydrogen) atoms. The van der Waals surface area contributed by atoms with E-state index in [9.17, 15) is 0 Å². The van der Waals surface area contributed by atoms with Crippen molar-refractivity contribution in [3.05, 3.63) is 35.7 Å². The van der Waals surface area contributed by atoms with Crippen LogP contribution in [0.15, 0.2) is 33.9 Å². The summed E-state index contributed by atoms with van der Waals surface area (Å²) in [7, 11) is -1.10. The zero-order valence-electron chi connectivity index (χ0n) is 12.3. The fourth-order valence-electron chi connectivity index (χ4n) is 1.48. The van der Waals surface area contributed by atoms with Crippen molar-refractivity contribution in [1.82, 2.24) is 10.2 Å². The summed E-state index contributed by atoms with van der Waals surface area (Å²) in [5.41, 5.74) is 1.17. The van der Waals surface area contributed by atoms with Crippen LogP contribution >= 0.6 is 11.8 Å². The van der Waals surface area contributed by atoms with Gasteiger partial charge < -0.3 is 9.15 Å². The summed E-state index contributed by atoms with van der Waals surface area (Å²) in [6.45, 7) is 9.29. The molecule has 2 aromatic rings. The molecule has 0 atom stereocenters. The number of ether oxygens (including phenoxy) is 1. The second-order valence-electron chi connectivity index (χ2n) is 5.92. The highest BCUT2D eigenvalue weighted by Gasteiger charge is 2.16. The lowest BCUT2D eigenvalue weighted by atomic mass is 10.2. The molecule has 0 unspecified atom stereocenters. The van der Waals surface area contributed by atoms with E-state index in [1.54, 1.807) is 11.8 Å². The Labute approximate surface area is 124 Å². The summed E-state index contributed by atoms with van der Waals surface area (Å²) in [5, 5.41) is 9.76. The molecule has 0 saturated heterocycles. The molecule has 1 aromatic carbocycles. The lowest BCUT2D eigenvalue weighted by Gasteiger charge is -2.12. The van der Waals surface area contributed by atoms with Crippen molar-refractivity contribution in [2.24, 2.45) is 0 Å². The molecule has 0 N–H and O–H groups in total. The molecule has 1 aromatic heterocycles. The SMILES string of the molecule is Cc1cccc(OCc2nnc(SC[Si](C)(C)C)o2)c1. The quantitative estimate of drug-likeness (QED) is 0.598. The van der Waals surface area contributed by atoms with Crippen molar-refractivity contribution in [1.29, 1.82) is 0 Å². The van der Waals surface area contributed by atoms with E-state index in [1.165, 1.54) is 5.56 Å². The predicted molar refractivity (Wildman–Crippen MR) is 83.9 cm³/mol. The molecule has 0 aliphatic carbocycles. The summed E-state index contributed by atoms with van der Waals surface area (Å²) in [6, 6.07) is 7.90. The predicted octanol–water partition coefficient (Wildman–Crippen LogP) is 3.93. The van der Waals surface area contributed by atoms with Gasteiger partial charge in [0.2, 0.25) is 0 Å². The van der Waals surface area contributed by atoms with Crippen molar-refractivity contribution >= 4 is 19.8 Å². The van der Waals surface area contributed by atoms with Crippen LogP contribution in [0.4, 0.5) is 0 Å². The van der Waals surface area contributed by atoms with Crippen molar-refractivity contribution in [3.63, 3.8) is 0 Å². The number of nitrogens with zero attached hydrogens (tertiary/aromatic N) is 2. The van der Waals surface area contributed by atoms with Gasteiger partial charge in [0.15, 0.2) is 6.61 Å². The van der Waals surface area contributed by atoms with Gasteiger partial charge in [-0.3, -0.25) is 0 Å². The first-order chi connectivity index (χ1) is 9.42. The Hall–Kier alpha value is -1.27. The number of aryl methyl sites for hydroxylation is 1. The molecule has 0 radical (unpaired) electrons. The first kappa shape index (κ1) is 15.1. The minimum absolute atomic E-state index is 0.309. The van der Waals surface area contributed by atoms with Crippen molar-refractivity contribution in [3.8, 4) is 5.75 Å². The number of rotatable bonds is 6. The smallest absolute Gasteiger partial charge is 0.276 e. The highest BCUT2D eigenvalue weighted by molar-refractivity contribution is 8.00. The Kier molecular flexibility index (Phi) is 4.88. The highest BCUT2D eigenvalue weighted by Crippen LogP contribution is 2.21. The molecule has 0 bridgehead atoms. The number of hydrogen-bond donors (Lipinski definition) is 0. The first-order valence-corrected chi connectivity index (χ1v) is 11.3. The van der Waals surface area contributed by atoms with Gasteiger partial charge >= 0.3 is 0 Å². The highest BCUT2D eigenvalue weighted by atomic mass is 32.2. The zero-order chi connectivity index (χ0) is 14.6. The maximum Gasteiger partial charge on any atom is 0.276 e. The number of aromatic nitrogens is 2. The van der Waals surface area contributed by atoms with Crippen molar-refractivity contribution in [2.45, 2.75) is 38.4 Å². The minimum atomic E-state index is -1.10. The van der Waals surface area contributed by atoms with Crippen LogP contribution in [-0.4, -0.2) is 23.6 Å². The Morgan fingerprint density at radius 3 is 2.75 bits per heavy atom. The van der Waals surface area contributed by atoms with Gasteiger partial charge in [-0.05, 0) is 30.0 Å². The van der Waals surface area contributed by atoms with E-state index in [0.29, 0.717) is 17.7 Å². The van der Waals surface area contributed by atoms with Gasteiger partial charge in [-0.1, -0.05) is 43.5 Å². The molecule has 0 aliphatic rings. The largest absolute Gasteiger partial charge is 0.484 e.